The minimum absolute atomic E-state index is 0.126. The van der Waals surface area contributed by atoms with Crippen LogP contribution < -0.4 is 0 Å². The molecule has 1 aliphatic carbocycles. The Morgan fingerprint density at radius 2 is 2.04 bits per heavy atom. The van der Waals surface area contributed by atoms with Crippen molar-refractivity contribution in [2.75, 3.05) is 6.54 Å². The van der Waals surface area contributed by atoms with Gasteiger partial charge in [0.1, 0.15) is 5.69 Å². The number of halogens is 1. The number of aromatic nitrogens is 2. The molecular formula is C17H18ClN3O3. The Kier molecular flexibility index (Phi) is 4.57. The summed E-state index contributed by atoms with van der Waals surface area (Å²) in [6.07, 6.45) is 1.83. The average molecular weight is 348 g/mol. The molecule has 126 valence electrons. The smallest absolute Gasteiger partial charge is 0.308 e. The Labute approximate surface area is 144 Å². The number of carboxylic acids is 1. The number of benzene rings is 1. The van der Waals surface area contributed by atoms with E-state index in [1.165, 1.54) is 0 Å². The van der Waals surface area contributed by atoms with Gasteiger partial charge in [-0.1, -0.05) is 30.7 Å². The highest BCUT2D eigenvalue weighted by Gasteiger charge is 2.35. The van der Waals surface area contributed by atoms with Crippen LogP contribution in [0.4, 0.5) is 0 Å². The number of hydrogen-bond acceptors (Lipinski definition) is 3. The molecule has 0 aliphatic heterocycles. The van der Waals surface area contributed by atoms with Crippen molar-refractivity contribution in [1.82, 2.24) is 15.1 Å². The Bertz CT molecular complexity index is 753. The number of carbonyl (C=O) groups excluding carboxylic acids is 1. The van der Waals surface area contributed by atoms with Gasteiger partial charge in [0.2, 0.25) is 0 Å². The number of H-pyrrole nitrogens is 1. The van der Waals surface area contributed by atoms with Gasteiger partial charge in [-0.15, -0.1) is 0 Å². The number of carboxylic acid groups (broad SMARTS) is 1. The van der Waals surface area contributed by atoms with Gasteiger partial charge in [0.15, 0.2) is 0 Å². The summed E-state index contributed by atoms with van der Waals surface area (Å²) < 4.78 is 0. The largest absolute Gasteiger partial charge is 0.481 e. The number of rotatable bonds is 6. The van der Waals surface area contributed by atoms with E-state index in [9.17, 15) is 9.59 Å². The molecule has 1 aromatic carbocycles. The fourth-order valence-corrected chi connectivity index (χ4v) is 2.64. The number of amides is 1. The van der Waals surface area contributed by atoms with Crippen molar-refractivity contribution in [1.29, 1.82) is 0 Å². The van der Waals surface area contributed by atoms with Crippen molar-refractivity contribution in [2.45, 2.75) is 25.8 Å². The van der Waals surface area contributed by atoms with Crippen LogP contribution >= 0.6 is 11.6 Å². The SMILES string of the molecule is CC(CN(C(=O)c1cc(-c2ccc(Cl)cc2)n[nH]1)C1CC1)C(=O)O. The molecule has 1 heterocycles. The number of aliphatic carboxylic acids is 1. The summed E-state index contributed by atoms with van der Waals surface area (Å²) in [5, 5.41) is 16.7. The zero-order valence-electron chi connectivity index (χ0n) is 13.2. The lowest BCUT2D eigenvalue weighted by Crippen LogP contribution is -2.38. The topological polar surface area (TPSA) is 86.3 Å². The van der Waals surface area contributed by atoms with Crippen molar-refractivity contribution >= 4 is 23.5 Å². The van der Waals surface area contributed by atoms with E-state index in [0.29, 0.717) is 16.4 Å². The van der Waals surface area contributed by atoms with Crippen LogP contribution in [-0.4, -0.2) is 44.7 Å². The Balaban J connectivity index is 1.78. The lowest BCUT2D eigenvalue weighted by molar-refractivity contribution is -0.141. The van der Waals surface area contributed by atoms with Crippen LogP contribution in [0.2, 0.25) is 5.02 Å². The molecule has 24 heavy (non-hydrogen) atoms. The maximum absolute atomic E-state index is 12.7. The quantitative estimate of drug-likeness (QED) is 0.840. The summed E-state index contributed by atoms with van der Waals surface area (Å²) in [6, 6.07) is 9.00. The summed E-state index contributed by atoms with van der Waals surface area (Å²) >= 11 is 5.88. The van der Waals surface area contributed by atoms with Gasteiger partial charge < -0.3 is 10.0 Å². The molecule has 2 N–H and O–H groups in total. The fraction of sp³-hybridized carbons (Fsp3) is 0.353. The van der Waals surface area contributed by atoms with Gasteiger partial charge in [-0.05, 0) is 31.0 Å². The molecule has 0 spiro atoms. The monoisotopic (exact) mass is 347 g/mol. The van der Waals surface area contributed by atoms with E-state index in [4.69, 9.17) is 16.7 Å². The zero-order valence-corrected chi connectivity index (χ0v) is 14.0. The van der Waals surface area contributed by atoms with Crippen LogP contribution in [0.5, 0.6) is 0 Å². The number of nitrogens with zero attached hydrogens (tertiary/aromatic N) is 2. The van der Waals surface area contributed by atoms with Gasteiger partial charge in [0, 0.05) is 23.2 Å². The van der Waals surface area contributed by atoms with Crippen LogP contribution in [0, 0.1) is 5.92 Å². The van der Waals surface area contributed by atoms with Gasteiger partial charge in [0.25, 0.3) is 5.91 Å². The number of aromatic amines is 1. The summed E-state index contributed by atoms with van der Waals surface area (Å²) in [4.78, 5) is 25.4. The highest BCUT2D eigenvalue weighted by molar-refractivity contribution is 6.30. The second-order valence-corrected chi connectivity index (χ2v) is 6.54. The van der Waals surface area contributed by atoms with Gasteiger partial charge in [-0.2, -0.15) is 5.10 Å². The number of carbonyl (C=O) groups is 2. The molecule has 7 heteroatoms. The minimum atomic E-state index is -0.903. The predicted octanol–water partition coefficient (Wildman–Crippen LogP) is 3.06. The molecule has 2 aromatic rings. The minimum Gasteiger partial charge on any atom is -0.481 e. The maximum atomic E-state index is 12.7. The first-order valence-electron chi connectivity index (χ1n) is 7.81. The summed E-state index contributed by atoms with van der Waals surface area (Å²) in [6.45, 7) is 1.81. The highest BCUT2D eigenvalue weighted by atomic mass is 35.5. The Morgan fingerprint density at radius 1 is 1.38 bits per heavy atom. The third-order valence-corrected chi connectivity index (χ3v) is 4.34. The molecule has 1 unspecified atom stereocenters. The van der Waals surface area contributed by atoms with Gasteiger partial charge in [-0.3, -0.25) is 14.7 Å². The normalized spacial score (nSPS) is 15.1. The maximum Gasteiger partial charge on any atom is 0.308 e. The first-order valence-corrected chi connectivity index (χ1v) is 8.18. The first-order chi connectivity index (χ1) is 11.5. The molecule has 1 aliphatic rings. The van der Waals surface area contributed by atoms with E-state index in [0.717, 1.165) is 18.4 Å². The van der Waals surface area contributed by atoms with Gasteiger partial charge >= 0.3 is 5.97 Å². The van der Waals surface area contributed by atoms with E-state index >= 15 is 0 Å². The fourth-order valence-electron chi connectivity index (χ4n) is 2.51. The van der Waals surface area contributed by atoms with Crippen LogP contribution in [-0.2, 0) is 4.79 Å². The van der Waals surface area contributed by atoms with Gasteiger partial charge in [-0.25, -0.2) is 0 Å². The van der Waals surface area contributed by atoms with Crippen molar-refractivity contribution in [3.05, 3.63) is 41.0 Å². The lowest BCUT2D eigenvalue weighted by atomic mass is 10.1. The average Bonchev–Trinajstić information content (AvgIpc) is 3.28. The summed E-state index contributed by atoms with van der Waals surface area (Å²) in [5.41, 5.74) is 1.87. The van der Waals surface area contributed by atoms with E-state index in [-0.39, 0.29) is 18.5 Å². The molecule has 1 fully saturated rings. The van der Waals surface area contributed by atoms with E-state index in [2.05, 4.69) is 10.2 Å². The predicted molar refractivity (Wildman–Crippen MR) is 89.9 cm³/mol. The van der Waals surface area contributed by atoms with Crippen LogP contribution in [0.15, 0.2) is 30.3 Å². The lowest BCUT2D eigenvalue weighted by Gasteiger charge is -2.23. The van der Waals surface area contributed by atoms with Crippen molar-refractivity contribution in [3.8, 4) is 11.3 Å². The van der Waals surface area contributed by atoms with E-state index < -0.39 is 11.9 Å². The second kappa shape index (κ2) is 6.65. The molecule has 1 aromatic heterocycles. The molecule has 1 atom stereocenters. The van der Waals surface area contributed by atoms with Crippen LogP contribution in [0.1, 0.15) is 30.3 Å². The summed E-state index contributed by atoms with van der Waals surface area (Å²) in [7, 11) is 0. The van der Waals surface area contributed by atoms with Gasteiger partial charge in [0.05, 0.1) is 11.6 Å². The second-order valence-electron chi connectivity index (χ2n) is 6.10. The zero-order chi connectivity index (χ0) is 17.3. The van der Waals surface area contributed by atoms with E-state index in [1.807, 2.05) is 12.1 Å². The van der Waals surface area contributed by atoms with Crippen molar-refractivity contribution < 1.29 is 14.7 Å². The van der Waals surface area contributed by atoms with Crippen LogP contribution in [0.25, 0.3) is 11.3 Å². The van der Waals surface area contributed by atoms with E-state index in [1.54, 1.807) is 30.0 Å². The van der Waals surface area contributed by atoms with Crippen molar-refractivity contribution in [3.63, 3.8) is 0 Å². The Morgan fingerprint density at radius 3 is 2.62 bits per heavy atom. The molecular weight excluding hydrogens is 330 g/mol. The third kappa shape index (κ3) is 3.59. The molecule has 0 bridgehead atoms. The molecule has 3 rings (SSSR count). The molecule has 6 nitrogen and oxygen atoms in total. The molecule has 0 radical (unpaired) electrons. The molecule has 1 saturated carbocycles. The third-order valence-electron chi connectivity index (χ3n) is 4.09. The van der Waals surface area contributed by atoms with Crippen molar-refractivity contribution in [2.24, 2.45) is 5.92 Å². The molecule has 1 amide bonds. The first kappa shape index (κ1) is 16.5. The van der Waals surface area contributed by atoms with Crippen LogP contribution in [0.3, 0.4) is 0 Å². The highest BCUT2D eigenvalue weighted by Crippen LogP contribution is 2.29. The standard InChI is InChI=1S/C17H18ClN3O3/c1-10(17(23)24)9-21(13-6-7-13)16(22)15-8-14(19-20-15)11-2-4-12(18)5-3-11/h2-5,8,10,13H,6-7,9H2,1H3,(H,19,20)(H,23,24). The molecule has 0 saturated heterocycles. The number of nitrogens with one attached hydrogen (secondary N) is 1. The summed E-state index contributed by atoms with van der Waals surface area (Å²) in [5.74, 6) is -1.72. The number of hydrogen-bond donors (Lipinski definition) is 2. The Hall–Kier alpha value is -2.34.